The quantitative estimate of drug-likeness (QED) is 0.796. The van der Waals surface area contributed by atoms with Crippen LogP contribution in [0.1, 0.15) is 28.9 Å². The second kappa shape index (κ2) is 8.32. The van der Waals surface area contributed by atoms with Gasteiger partial charge in [-0.15, -0.1) is 0 Å². The van der Waals surface area contributed by atoms with E-state index in [1.165, 1.54) is 21.3 Å². The lowest BCUT2D eigenvalue weighted by molar-refractivity contribution is 0.0936. The summed E-state index contributed by atoms with van der Waals surface area (Å²) >= 11 is 12.0. The first-order valence-electron chi connectivity index (χ1n) is 7.47. The summed E-state index contributed by atoms with van der Waals surface area (Å²) in [7, 11) is 4.47. The number of carbonyl (C=O) groups is 1. The van der Waals surface area contributed by atoms with Gasteiger partial charge in [0.15, 0.2) is 11.5 Å². The van der Waals surface area contributed by atoms with Crippen molar-refractivity contribution >= 4 is 29.1 Å². The van der Waals surface area contributed by atoms with E-state index in [1.807, 2.05) is 13.0 Å². The molecule has 0 unspecified atom stereocenters. The van der Waals surface area contributed by atoms with Gasteiger partial charge in [-0.3, -0.25) is 4.79 Å². The molecule has 0 saturated heterocycles. The van der Waals surface area contributed by atoms with Crippen LogP contribution in [0.15, 0.2) is 30.3 Å². The third-order valence-electron chi connectivity index (χ3n) is 3.74. The van der Waals surface area contributed by atoms with E-state index < -0.39 is 0 Å². The Bertz CT molecular complexity index is 780. The maximum Gasteiger partial charge on any atom is 0.255 e. The molecule has 5 nitrogen and oxygen atoms in total. The predicted octanol–water partition coefficient (Wildman–Crippen LogP) is 4.51. The molecule has 0 aliphatic heterocycles. The van der Waals surface area contributed by atoms with Crippen molar-refractivity contribution in [2.75, 3.05) is 21.3 Å². The van der Waals surface area contributed by atoms with Crippen LogP contribution in [0.5, 0.6) is 17.2 Å². The van der Waals surface area contributed by atoms with Gasteiger partial charge in [0, 0.05) is 0 Å². The van der Waals surface area contributed by atoms with E-state index in [-0.39, 0.29) is 11.9 Å². The molecule has 1 atom stereocenters. The number of methoxy groups -OCH3 is 3. The normalized spacial score (nSPS) is 11.6. The lowest BCUT2D eigenvalue weighted by Gasteiger charge is -2.18. The number of benzene rings is 2. The van der Waals surface area contributed by atoms with Gasteiger partial charge in [0.25, 0.3) is 5.91 Å². The summed E-state index contributed by atoms with van der Waals surface area (Å²) in [6, 6.07) is 8.22. The van der Waals surface area contributed by atoms with Crippen molar-refractivity contribution in [3.8, 4) is 17.2 Å². The molecule has 1 N–H and O–H groups in total. The largest absolute Gasteiger partial charge is 0.493 e. The molecule has 0 spiro atoms. The fourth-order valence-corrected chi connectivity index (χ4v) is 2.73. The highest BCUT2D eigenvalue weighted by molar-refractivity contribution is 6.42. The highest BCUT2D eigenvalue weighted by Crippen LogP contribution is 2.39. The van der Waals surface area contributed by atoms with Crippen molar-refractivity contribution in [3.05, 3.63) is 51.5 Å². The van der Waals surface area contributed by atoms with Gasteiger partial charge >= 0.3 is 0 Å². The van der Waals surface area contributed by atoms with Crippen LogP contribution in [0.3, 0.4) is 0 Å². The lowest BCUT2D eigenvalue weighted by Crippen LogP contribution is -2.27. The fourth-order valence-electron chi connectivity index (χ4n) is 2.42. The predicted molar refractivity (Wildman–Crippen MR) is 98.4 cm³/mol. The molecule has 0 aliphatic rings. The zero-order valence-corrected chi connectivity index (χ0v) is 15.9. The molecule has 0 bridgehead atoms. The molecule has 134 valence electrons. The van der Waals surface area contributed by atoms with Crippen molar-refractivity contribution in [3.63, 3.8) is 0 Å². The molecule has 0 saturated carbocycles. The summed E-state index contributed by atoms with van der Waals surface area (Å²) in [5.74, 6) is 0.838. The van der Waals surface area contributed by atoms with Crippen molar-refractivity contribution in [2.45, 2.75) is 13.0 Å². The number of carbonyl (C=O) groups excluding carboxylic acids is 1. The second-order valence-corrected chi connectivity index (χ2v) is 6.06. The molecule has 7 heteroatoms. The molecular weight excluding hydrogens is 365 g/mol. The van der Waals surface area contributed by atoms with Crippen molar-refractivity contribution < 1.29 is 19.0 Å². The van der Waals surface area contributed by atoms with Gasteiger partial charge in [0.1, 0.15) is 0 Å². The number of halogens is 2. The molecule has 0 heterocycles. The molecule has 2 rings (SSSR count). The van der Waals surface area contributed by atoms with Crippen LogP contribution in [0.25, 0.3) is 0 Å². The topological polar surface area (TPSA) is 56.8 Å². The minimum atomic E-state index is -0.309. The number of rotatable bonds is 6. The van der Waals surface area contributed by atoms with Crippen molar-refractivity contribution in [1.82, 2.24) is 5.32 Å². The summed E-state index contributed by atoms with van der Waals surface area (Å²) < 4.78 is 15.9. The smallest absolute Gasteiger partial charge is 0.255 e. The van der Waals surface area contributed by atoms with Gasteiger partial charge in [-0.05, 0) is 36.8 Å². The van der Waals surface area contributed by atoms with Crippen LogP contribution in [0.2, 0.25) is 10.0 Å². The standard InChI is InChI=1S/C18H19Cl2NO4/c1-10(11-5-7-13(19)14(20)9-11)21-18(22)12-6-8-15(23-2)17(25-4)16(12)24-3/h5-10H,1-4H3,(H,21,22)/t10-/m0/s1. The average Bonchev–Trinajstić information content (AvgIpc) is 2.62. The van der Waals surface area contributed by atoms with Crippen LogP contribution in [0.4, 0.5) is 0 Å². The van der Waals surface area contributed by atoms with Crippen LogP contribution < -0.4 is 19.5 Å². The van der Waals surface area contributed by atoms with Gasteiger partial charge in [-0.2, -0.15) is 0 Å². The summed E-state index contributed by atoms with van der Waals surface area (Å²) in [6.07, 6.45) is 0. The SMILES string of the molecule is COc1ccc(C(=O)N[C@@H](C)c2ccc(Cl)c(Cl)c2)c(OC)c1OC. The van der Waals surface area contributed by atoms with Crippen LogP contribution in [0, 0.1) is 0 Å². The molecule has 0 aromatic heterocycles. The number of nitrogens with one attached hydrogen (secondary N) is 1. The molecule has 25 heavy (non-hydrogen) atoms. The van der Waals surface area contributed by atoms with Gasteiger partial charge in [0.2, 0.25) is 5.75 Å². The summed E-state index contributed by atoms with van der Waals surface area (Å²) in [4.78, 5) is 12.7. The Kier molecular flexibility index (Phi) is 6.39. The highest BCUT2D eigenvalue weighted by Gasteiger charge is 2.22. The van der Waals surface area contributed by atoms with E-state index in [2.05, 4.69) is 5.32 Å². The number of amides is 1. The minimum absolute atomic E-state index is 0.278. The summed E-state index contributed by atoms with van der Waals surface area (Å²) in [5, 5.41) is 3.80. The van der Waals surface area contributed by atoms with E-state index in [0.29, 0.717) is 32.9 Å². The van der Waals surface area contributed by atoms with Gasteiger partial charge in [-0.1, -0.05) is 29.3 Å². The summed E-state index contributed by atoms with van der Waals surface area (Å²) in [6.45, 7) is 1.85. The zero-order chi connectivity index (χ0) is 18.6. The molecule has 1 amide bonds. The maximum absolute atomic E-state index is 12.7. The Morgan fingerprint density at radius 2 is 1.64 bits per heavy atom. The molecule has 2 aromatic rings. The third-order valence-corrected chi connectivity index (χ3v) is 4.48. The third kappa shape index (κ3) is 4.11. The Hall–Kier alpha value is -2.11. The highest BCUT2D eigenvalue weighted by atomic mass is 35.5. The minimum Gasteiger partial charge on any atom is -0.493 e. The number of ether oxygens (including phenoxy) is 3. The van der Waals surface area contributed by atoms with Crippen LogP contribution >= 0.6 is 23.2 Å². The van der Waals surface area contributed by atoms with Gasteiger partial charge in [0.05, 0.1) is 43.0 Å². The Morgan fingerprint density at radius 1 is 0.960 bits per heavy atom. The monoisotopic (exact) mass is 383 g/mol. The average molecular weight is 384 g/mol. The molecule has 0 radical (unpaired) electrons. The molecule has 2 aromatic carbocycles. The van der Waals surface area contributed by atoms with Gasteiger partial charge < -0.3 is 19.5 Å². The van der Waals surface area contributed by atoms with E-state index in [4.69, 9.17) is 37.4 Å². The van der Waals surface area contributed by atoms with E-state index in [0.717, 1.165) is 5.56 Å². The van der Waals surface area contributed by atoms with Crippen molar-refractivity contribution in [2.24, 2.45) is 0 Å². The van der Waals surface area contributed by atoms with E-state index in [9.17, 15) is 4.79 Å². The van der Waals surface area contributed by atoms with Crippen LogP contribution in [-0.2, 0) is 0 Å². The first-order chi connectivity index (χ1) is 11.9. The fraction of sp³-hybridized carbons (Fsp3) is 0.278. The van der Waals surface area contributed by atoms with Gasteiger partial charge in [-0.25, -0.2) is 0 Å². The maximum atomic E-state index is 12.7. The Morgan fingerprint density at radius 3 is 2.20 bits per heavy atom. The molecular formula is C18H19Cl2NO4. The second-order valence-electron chi connectivity index (χ2n) is 5.25. The Balaban J connectivity index is 2.29. The van der Waals surface area contributed by atoms with Crippen LogP contribution in [-0.4, -0.2) is 27.2 Å². The van der Waals surface area contributed by atoms with E-state index in [1.54, 1.807) is 24.3 Å². The molecule has 0 aliphatic carbocycles. The van der Waals surface area contributed by atoms with E-state index >= 15 is 0 Å². The first kappa shape index (κ1) is 19.2. The molecule has 0 fully saturated rings. The lowest BCUT2D eigenvalue weighted by atomic mass is 10.1. The zero-order valence-electron chi connectivity index (χ0n) is 14.4. The Labute approximate surface area is 156 Å². The van der Waals surface area contributed by atoms with Crippen molar-refractivity contribution in [1.29, 1.82) is 0 Å². The number of hydrogen-bond donors (Lipinski definition) is 1. The first-order valence-corrected chi connectivity index (χ1v) is 8.23. The number of hydrogen-bond acceptors (Lipinski definition) is 4. The summed E-state index contributed by atoms with van der Waals surface area (Å²) in [5.41, 5.74) is 1.18.